The quantitative estimate of drug-likeness (QED) is 0.789. The first-order valence-corrected chi connectivity index (χ1v) is 5.20. The first-order chi connectivity index (χ1) is 7.34. The van der Waals surface area contributed by atoms with Crippen LogP contribution >= 0.6 is 0 Å². The van der Waals surface area contributed by atoms with Gasteiger partial charge in [0.05, 0.1) is 7.11 Å². The number of halogens is 1. The Hall–Kier alpha value is -1.38. The van der Waals surface area contributed by atoms with Crippen molar-refractivity contribution in [3.05, 3.63) is 29.6 Å². The molecule has 0 heterocycles. The standard InChI is InChI=1S/C13H17FO2/c1-13(2,3)12(15)8-9-5-6-10(14)11(7-9)16-4/h5-7H,8H2,1-4H3. The largest absolute Gasteiger partial charge is 0.494 e. The highest BCUT2D eigenvalue weighted by Gasteiger charge is 2.21. The van der Waals surface area contributed by atoms with Crippen molar-refractivity contribution in [2.75, 3.05) is 7.11 Å². The van der Waals surface area contributed by atoms with Gasteiger partial charge in [-0.15, -0.1) is 0 Å². The summed E-state index contributed by atoms with van der Waals surface area (Å²) in [5.41, 5.74) is 0.403. The van der Waals surface area contributed by atoms with E-state index in [2.05, 4.69) is 0 Å². The molecule has 1 aromatic carbocycles. The van der Waals surface area contributed by atoms with Gasteiger partial charge in [-0.05, 0) is 17.7 Å². The molecule has 88 valence electrons. The summed E-state index contributed by atoms with van der Waals surface area (Å²) in [5.74, 6) is -0.102. The van der Waals surface area contributed by atoms with Gasteiger partial charge >= 0.3 is 0 Å². The van der Waals surface area contributed by atoms with Gasteiger partial charge in [-0.3, -0.25) is 4.79 Å². The van der Waals surface area contributed by atoms with E-state index < -0.39 is 5.82 Å². The van der Waals surface area contributed by atoms with E-state index in [1.807, 2.05) is 20.8 Å². The van der Waals surface area contributed by atoms with Crippen LogP contribution in [0.1, 0.15) is 26.3 Å². The second-order valence-electron chi connectivity index (χ2n) is 4.82. The van der Waals surface area contributed by atoms with E-state index in [1.54, 1.807) is 12.1 Å². The molecule has 2 nitrogen and oxygen atoms in total. The summed E-state index contributed by atoms with van der Waals surface area (Å²) < 4.78 is 18.0. The van der Waals surface area contributed by atoms with E-state index >= 15 is 0 Å². The van der Waals surface area contributed by atoms with Gasteiger partial charge in [0.15, 0.2) is 11.6 Å². The van der Waals surface area contributed by atoms with Gasteiger partial charge in [0, 0.05) is 11.8 Å². The van der Waals surface area contributed by atoms with Crippen LogP contribution < -0.4 is 4.74 Å². The van der Waals surface area contributed by atoms with Gasteiger partial charge in [-0.25, -0.2) is 4.39 Å². The second kappa shape index (κ2) is 4.64. The number of Topliss-reactive ketones (excluding diaryl/α,β-unsaturated/α-hetero) is 1. The Bertz CT molecular complexity index is 391. The van der Waals surface area contributed by atoms with Crippen molar-refractivity contribution in [3.8, 4) is 5.75 Å². The summed E-state index contributed by atoms with van der Waals surface area (Å²) in [5, 5.41) is 0. The van der Waals surface area contributed by atoms with Crippen molar-refractivity contribution in [1.82, 2.24) is 0 Å². The van der Waals surface area contributed by atoms with E-state index in [0.29, 0.717) is 6.42 Å². The molecule has 0 aliphatic heterocycles. The zero-order valence-electron chi connectivity index (χ0n) is 10.1. The van der Waals surface area contributed by atoms with Crippen LogP contribution in [0.3, 0.4) is 0 Å². The Kier molecular flexibility index (Phi) is 3.68. The van der Waals surface area contributed by atoms with Crippen molar-refractivity contribution >= 4 is 5.78 Å². The van der Waals surface area contributed by atoms with Crippen LogP contribution in [0.4, 0.5) is 4.39 Å². The van der Waals surface area contributed by atoms with Crippen LogP contribution in [-0.4, -0.2) is 12.9 Å². The molecular formula is C13H17FO2. The number of hydrogen-bond acceptors (Lipinski definition) is 2. The molecule has 0 aliphatic carbocycles. The third-order valence-electron chi connectivity index (χ3n) is 2.42. The Balaban J connectivity index is 2.87. The van der Waals surface area contributed by atoms with Crippen LogP contribution in [0.15, 0.2) is 18.2 Å². The van der Waals surface area contributed by atoms with Gasteiger partial charge in [-0.1, -0.05) is 26.8 Å². The molecule has 1 rings (SSSR count). The number of methoxy groups -OCH3 is 1. The van der Waals surface area contributed by atoms with Crippen LogP contribution in [0.2, 0.25) is 0 Å². The molecule has 1 aromatic rings. The highest BCUT2D eigenvalue weighted by molar-refractivity contribution is 5.85. The van der Waals surface area contributed by atoms with Gasteiger partial charge in [-0.2, -0.15) is 0 Å². The molecule has 0 bridgehead atoms. The predicted molar refractivity (Wildman–Crippen MR) is 61.1 cm³/mol. The highest BCUT2D eigenvalue weighted by Crippen LogP contribution is 2.22. The molecule has 16 heavy (non-hydrogen) atoms. The maximum atomic E-state index is 13.1. The average molecular weight is 224 g/mol. The number of benzene rings is 1. The highest BCUT2D eigenvalue weighted by atomic mass is 19.1. The molecule has 0 fully saturated rings. The summed E-state index contributed by atoms with van der Waals surface area (Å²) in [6.45, 7) is 5.61. The van der Waals surface area contributed by atoms with Crippen molar-refractivity contribution < 1.29 is 13.9 Å². The lowest BCUT2D eigenvalue weighted by Gasteiger charge is -2.16. The molecule has 0 saturated carbocycles. The van der Waals surface area contributed by atoms with Gasteiger partial charge < -0.3 is 4.74 Å². The summed E-state index contributed by atoms with van der Waals surface area (Å²) >= 11 is 0. The molecular weight excluding hydrogens is 207 g/mol. The van der Waals surface area contributed by atoms with E-state index in [-0.39, 0.29) is 16.9 Å². The van der Waals surface area contributed by atoms with Gasteiger partial charge in [0.2, 0.25) is 0 Å². The van der Waals surface area contributed by atoms with Crippen molar-refractivity contribution in [1.29, 1.82) is 0 Å². The molecule has 0 atom stereocenters. The Morgan fingerprint density at radius 1 is 1.38 bits per heavy atom. The molecule has 0 radical (unpaired) electrons. The Labute approximate surface area is 95.4 Å². The minimum Gasteiger partial charge on any atom is -0.494 e. The molecule has 0 aromatic heterocycles. The van der Waals surface area contributed by atoms with Gasteiger partial charge in [0.1, 0.15) is 5.78 Å². The Morgan fingerprint density at radius 2 is 2.00 bits per heavy atom. The maximum Gasteiger partial charge on any atom is 0.165 e. The minimum atomic E-state index is -0.408. The molecule has 0 N–H and O–H groups in total. The smallest absolute Gasteiger partial charge is 0.165 e. The van der Waals surface area contributed by atoms with Crippen molar-refractivity contribution in [3.63, 3.8) is 0 Å². The van der Waals surface area contributed by atoms with Crippen LogP contribution in [0.5, 0.6) is 5.75 Å². The SMILES string of the molecule is COc1cc(CC(=O)C(C)(C)C)ccc1F. The molecule has 3 heteroatoms. The zero-order chi connectivity index (χ0) is 12.3. The second-order valence-corrected chi connectivity index (χ2v) is 4.82. The molecule has 0 saturated heterocycles. The fourth-order valence-electron chi connectivity index (χ4n) is 1.26. The lowest BCUT2D eigenvalue weighted by atomic mass is 9.87. The van der Waals surface area contributed by atoms with E-state index in [0.717, 1.165) is 5.56 Å². The third kappa shape index (κ3) is 3.05. The topological polar surface area (TPSA) is 26.3 Å². The number of carbonyl (C=O) groups excluding carboxylic acids is 1. The summed E-state index contributed by atoms with van der Waals surface area (Å²) in [6.07, 6.45) is 0.306. The average Bonchev–Trinajstić information content (AvgIpc) is 2.19. The normalized spacial score (nSPS) is 11.3. The van der Waals surface area contributed by atoms with E-state index in [9.17, 15) is 9.18 Å². The Morgan fingerprint density at radius 3 is 2.50 bits per heavy atom. The van der Waals surface area contributed by atoms with Crippen molar-refractivity contribution in [2.24, 2.45) is 5.41 Å². The number of carbonyl (C=O) groups is 1. The summed E-state index contributed by atoms with van der Waals surface area (Å²) in [7, 11) is 1.41. The summed E-state index contributed by atoms with van der Waals surface area (Å²) in [6, 6.07) is 4.50. The van der Waals surface area contributed by atoms with Crippen LogP contribution in [0.25, 0.3) is 0 Å². The monoisotopic (exact) mass is 224 g/mol. The van der Waals surface area contributed by atoms with Crippen molar-refractivity contribution in [2.45, 2.75) is 27.2 Å². The lowest BCUT2D eigenvalue weighted by molar-refractivity contribution is -0.125. The third-order valence-corrected chi connectivity index (χ3v) is 2.42. The fraction of sp³-hybridized carbons (Fsp3) is 0.462. The van der Waals surface area contributed by atoms with E-state index in [1.165, 1.54) is 13.2 Å². The first kappa shape index (κ1) is 12.7. The number of hydrogen-bond donors (Lipinski definition) is 0. The number of rotatable bonds is 3. The predicted octanol–water partition coefficient (Wildman–Crippen LogP) is 2.99. The molecule has 0 unspecified atom stereocenters. The summed E-state index contributed by atoms with van der Waals surface area (Å²) in [4.78, 5) is 11.8. The minimum absolute atomic E-state index is 0.126. The van der Waals surface area contributed by atoms with Gasteiger partial charge in [0.25, 0.3) is 0 Å². The van der Waals surface area contributed by atoms with E-state index in [4.69, 9.17) is 4.74 Å². The number of ether oxygens (including phenoxy) is 1. The molecule has 0 aliphatic rings. The lowest BCUT2D eigenvalue weighted by Crippen LogP contribution is -2.22. The molecule has 0 amide bonds. The number of ketones is 1. The maximum absolute atomic E-state index is 13.1. The first-order valence-electron chi connectivity index (χ1n) is 5.20. The van der Waals surface area contributed by atoms with Crippen LogP contribution in [0, 0.1) is 11.2 Å². The van der Waals surface area contributed by atoms with Crippen LogP contribution in [-0.2, 0) is 11.2 Å². The fourth-order valence-corrected chi connectivity index (χ4v) is 1.26. The molecule has 0 spiro atoms. The zero-order valence-corrected chi connectivity index (χ0v) is 10.1.